The van der Waals surface area contributed by atoms with Gasteiger partial charge in [-0.25, -0.2) is 0 Å². The van der Waals surface area contributed by atoms with Gasteiger partial charge in [0, 0.05) is 23.6 Å². The van der Waals surface area contributed by atoms with Crippen LogP contribution in [0.1, 0.15) is 19.4 Å². The summed E-state index contributed by atoms with van der Waals surface area (Å²) in [5.41, 5.74) is 6.31. The van der Waals surface area contributed by atoms with Crippen LogP contribution in [0.3, 0.4) is 0 Å². The van der Waals surface area contributed by atoms with Gasteiger partial charge in [-0.3, -0.25) is 10.1 Å². The summed E-state index contributed by atoms with van der Waals surface area (Å²) < 4.78 is 0. The van der Waals surface area contributed by atoms with Gasteiger partial charge < -0.3 is 10.8 Å². The number of aliphatic hydroxyl groups is 1. The number of aliphatic hydroxyl groups excluding tert-OH is 1. The molecule has 1 atom stereocenters. The van der Waals surface area contributed by atoms with Gasteiger partial charge >= 0.3 is 0 Å². The van der Waals surface area contributed by atoms with Crippen LogP contribution in [-0.4, -0.2) is 22.7 Å². The molecule has 0 heterocycles. The summed E-state index contributed by atoms with van der Waals surface area (Å²) in [7, 11) is 0. The SMILES string of the molecule is CC(C)(c1ccc([N+](=O)[O-])cc1)C(N)CO. The van der Waals surface area contributed by atoms with Crippen LogP contribution in [0.2, 0.25) is 0 Å². The maximum Gasteiger partial charge on any atom is 0.269 e. The molecule has 0 bridgehead atoms. The van der Waals surface area contributed by atoms with Crippen molar-refractivity contribution in [1.29, 1.82) is 0 Å². The average molecular weight is 224 g/mol. The van der Waals surface area contributed by atoms with Gasteiger partial charge in [0.2, 0.25) is 0 Å². The number of non-ortho nitro benzene ring substituents is 1. The summed E-state index contributed by atoms with van der Waals surface area (Å²) in [6.07, 6.45) is 0. The van der Waals surface area contributed by atoms with Gasteiger partial charge in [0.15, 0.2) is 0 Å². The van der Waals surface area contributed by atoms with Gasteiger partial charge in [0.05, 0.1) is 11.5 Å². The Morgan fingerprint density at radius 3 is 2.31 bits per heavy atom. The van der Waals surface area contributed by atoms with E-state index in [1.165, 1.54) is 12.1 Å². The van der Waals surface area contributed by atoms with Crippen molar-refractivity contribution >= 4 is 5.69 Å². The Bertz CT molecular complexity index is 373. The highest BCUT2D eigenvalue weighted by Crippen LogP contribution is 2.27. The van der Waals surface area contributed by atoms with E-state index >= 15 is 0 Å². The van der Waals surface area contributed by atoms with E-state index in [-0.39, 0.29) is 12.3 Å². The Morgan fingerprint density at radius 1 is 1.44 bits per heavy atom. The van der Waals surface area contributed by atoms with E-state index in [1.54, 1.807) is 12.1 Å². The number of nitrogens with two attached hydrogens (primary N) is 1. The van der Waals surface area contributed by atoms with Gasteiger partial charge in [-0.1, -0.05) is 26.0 Å². The largest absolute Gasteiger partial charge is 0.395 e. The molecular formula is C11H16N2O3. The highest BCUT2D eigenvalue weighted by atomic mass is 16.6. The van der Waals surface area contributed by atoms with Crippen molar-refractivity contribution in [2.75, 3.05) is 6.61 Å². The summed E-state index contributed by atoms with van der Waals surface area (Å²) in [5.74, 6) is 0. The molecule has 0 amide bonds. The number of nitro benzene ring substituents is 1. The van der Waals surface area contributed by atoms with Crippen LogP contribution in [0.25, 0.3) is 0 Å². The number of nitro groups is 1. The fourth-order valence-electron chi connectivity index (χ4n) is 1.45. The molecule has 0 spiro atoms. The Morgan fingerprint density at radius 2 is 1.94 bits per heavy atom. The second-order valence-corrected chi connectivity index (χ2v) is 4.31. The number of hydrogen-bond donors (Lipinski definition) is 2. The fraction of sp³-hybridized carbons (Fsp3) is 0.455. The Balaban J connectivity index is 3.01. The van der Waals surface area contributed by atoms with Gasteiger partial charge in [-0.2, -0.15) is 0 Å². The predicted octanol–water partition coefficient (Wildman–Crippen LogP) is 1.19. The number of nitrogens with zero attached hydrogens (tertiary/aromatic N) is 1. The lowest BCUT2D eigenvalue weighted by molar-refractivity contribution is -0.384. The lowest BCUT2D eigenvalue weighted by Gasteiger charge is -2.30. The molecule has 1 aromatic rings. The molecule has 5 nitrogen and oxygen atoms in total. The molecular weight excluding hydrogens is 208 g/mol. The van der Waals surface area contributed by atoms with Crippen molar-refractivity contribution in [3.8, 4) is 0 Å². The quantitative estimate of drug-likeness (QED) is 0.593. The van der Waals surface area contributed by atoms with E-state index in [9.17, 15) is 10.1 Å². The predicted molar refractivity (Wildman–Crippen MR) is 61.2 cm³/mol. The normalized spacial score (nSPS) is 13.5. The second kappa shape index (κ2) is 4.59. The molecule has 16 heavy (non-hydrogen) atoms. The minimum atomic E-state index is -0.442. The molecule has 3 N–H and O–H groups in total. The highest BCUT2D eigenvalue weighted by molar-refractivity contribution is 5.36. The lowest BCUT2D eigenvalue weighted by atomic mass is 9.78. The molecule has 0 saturated heterocycles. The molecule has 0 aromatic heterocycles. The van der Waals surface area contributed by atoms with Gasteiger partial charge in [-0.05, 0) is 5.56 Å². The van der Waals surface area contributed by atoms with Gasteiger partial charge in [0.1, 0.15) is 0 Å². The van der Waals surface area contributed by atoms with Crippen LogP contribution in [0.5, 0.6) is 0 Å². The summed E-state index contributed by atoms with van der Waals surface area (Å²) in [4.78, 5) is 10.1. The summed E-state index contributed by atoms with van der Waals surface area (Å²) in [5, 5.41) is 19.5. The first-order chi connectivity index (χ1) is 7.39. The van der Waals surface area contributed by atoms with E-state index in [1.807, 2.05) is 13.8 Å². The van der Waals surface area contributed by atoms with Crippen molar-refractivity contribution < 1.29 is 10.0 Å². The van der Waals surface area contributed by atoms with E-state index in [2.05, 4.69) is 0 Å². The van der Waals surface area contributed by atoms with Crippen molar-refractivity contribution in [3.63, 3.8) is 0 Å². The molecule has 1 rings (SSSR count). The van der Waals surface area contributed by atoms with E-state index < -0.39 is 16.4 Å². The molecule has 0 aliphatic carbocycles. The molecule has 1 aromatic carbocycles. The zero-order chi connectivity index (χ0) is 12.3. The van der Waals surface area contributed by atoms with E-state index in [4.69, 9.17) is 10.8 Å². The van der Waals surface area contributed by atoms with Gasteiger partial charge in [-0.15, -0.1) is 0 Å². The first kappa shape index (κ1) is 12.6. The van der Waals surface area contributed by atoms with Crippen LogP contribution in [-0.2, 0) is 5.41 Å². The van der Waals surface area contributed by atoms with Crippen LogP contribution in [0.15, 0.2) is 24.3 Å². The van der Waals surface area contributed by atoms with Crippen LogP contribution < -0.4 is 5.73 Å². The minimum absolute atomic E-state index is 0.0529. The van der Waals surface area contributed by atoms with Crippen molar-refractivity contribution in [1.82, 2.24) is 0 Å². The maximum absolute atomic E-state index is 10.5. The summed E-state index contributed by atoms with van der Waals surface area (Å²) in [6, 6.07) is 5.85. The van der Waals surface area contributed by atoms with Crippen molar-refractivity contribution in [3.05, 3.63) is 39.9 Å². The lowest BCUT2D eigenvalue weighted by Crippen LogP contribution is -2.43. The van der Waals surface area contributed by atoms with E-state index in [0.717, 1.165) is 5.56 Å². The second-order valence-electron chi connectivity index (χ2n) is 4.31. The first-order valence-corrected chi connectivity index (χ1v) is 5.01. The van der Waals surface area contributed by atoms with Gasteiger partial charge in [0.25, 0.3) is 5.69 Å². The van der Waals surface area contributed by atoms with Crippen molar-refractivity contribution in [2.45, 2.75) is 25.3 Å². The Hall–Kier alpha value is -1.46. The molecule has 0 saturated carbocycles. The first-order valence-electron chi connectivity index (χ1n) is 5.01. The summed E-state index contributed by atoms with van der Waals surface area (Å²) >= 11 is 0. The van der Waals surface area contributed by atoms with Crippen molar-refractivity contribution in [2.24, 2.45) is 5.73 Å². The molecule has 0 fully saturated rings. The summed E-state index contributed by atoms with van der Waals surface area (Å²) in [6.45, 7) is 3.67. The average Bonchev–Trinajstić information content (AvgIpc) is 2.28. The molecule has 0 aliphatic rings. The Kier molecular flexibility index (Phi) is 3.62. The maximum atomic E-state index is 10.5. The van der Waals surface area contributed by atoms with Crippen LogP contribution in [0, 0.1) is 10.1 Å². The molecule has 0 radical (unpaired) electrons. The smallest absolute Gasteiger partial charge is 0.269 e. The standard InChI is InChI=1S/C11H16N2O3/c1-11(2,10(12)7-14)8-3-5-9(6-4-8)13(15)16/h3-6,10,14H,7,12H2,1-2H3. The third-order valence-electron chi connectivity index (χ3n) is 2.95. The minimum Gasteiger partial charge on any atom is -0.395 e. The molecule has 1 unspecified atom stereocenters. The van der Waals surface area contributed by atoms with Crippen LogP contribution >= 0.6 is 0 Å². The third kappa shape index (κ3) is 2.37. The monoisotopic (exact) mass is 224 g/mol. The highest BCUT2D eigenvalue weighted by Gasteiger charge is 2.28. The number of benzene rings is 1. The number of rotatable bonds is 4. The molecule has 88 valence electrons. The van der Waals surface area contributed by atoms with E-state index in [0.29, 0.717) is 0 Å². The third-order valence-corrected chi connectivity index (χ3v) is 2.95. The molecule has 0 aliphatic heterocycles. The Labute approximate surface area is 94.0 Å². The molecule has 5 heteroatoms. The zero-order valence-corrected chi connectivity index (χ0v) is 9.38. The zero-order valence-electron chi connectivity index (χ0n) is 9.38. The number of hydrogen-bond acceptors (Lipinski definition) is 4. The topological polar surface area (TPSA) is 89.4 Å². The fourth-order valence-corrected chi connectivity index (χ4v) is 1.45. The van der Waals surface area contributed by atoms with Crippen LogP contribution in [0.4, 0.5) is 5.69 Å².